The summed E-state index contributed by atoms with van der Waals surface area (Å²) in [6.07, 6.45) is 3.14. The lowest BCUT2D eigenvalue weighted by atomic mass is 10.1. The van der Waals surface area contributed by atoms with Crippen molar-refractivity contribution in [3.63, 3.8) is 0 Å². The molecule has 7 nitrogen and oxygen atoms in total. The highest BCUT2D eigenvalue weighted by Crippen LogP contribution is 2.33. The SMILES string of the molecule is Cc1c([N+](=O)[O-])cnc(N[C@H]2CC[C@@H](C(=O)O)C2)c1Br. The fraction of sp³-hybridized carbons (Fsp3) is 0.500. The maximum absolute atomic E-state index is 10.9. The normalized spacial score (nSPS) is 21.7. The first-order valence-electron chi connectivity index (χ1n) is 6.19. The fourth-order valence-electron chi connectivity index (χ4n) is 2.38. The van der Waals surface area contributed by atoms with Gasteiger partial charge in [0.25, 0.3) is 5.69 Å². The van der Waals surface area contributed by atoms with Gasteiger partial charge in [-0.3, -0.25) is 14.9 Å². The number of anilines is 1. The number of aliphatic carboxylic acids is 1. The minimum absolute atomic E-state index is 0.0285. The third-order valence-corrected chi connectivity index (χ3v) is 4.53. The van der Waals surface area contributed by atoms with Crippen molar-refractivity contribution in [1.82, 2.24) is 4.98 Å². The Hall–Kier alpha value is -1.70. The van der Waals surface area contributed by atoms with Gasteiger partial charge in [-0.2, -0.15) is 0 Å². The Balaban J connectivity index is 2.13. The maximum atomic E-state index is 10.9. The largest absolute Gasteiger partial charge is 0.481 e. The van der Waals surface area contributed by atoms with E-state index in [0.29, 0.717) is 28.7 Å². The van der Waals surface area contributed by atoms with Gasteiger partial charge in [0.1, 0.15) is 12.0 Å². The molecule has 0 aromatic carbocycles. The summed E-state index contributed by atoms with van der Waals surface area (Å²) in [5.74, 6) is -0.587. The minimum atomic E-state index is -0.777. The average Bonchev–Trinajstić information content (AvgIpc) is 2.83. The van der Waals surface area contributed by atoms with Crippen LogP contribution >= 0.6 is 15.9 Å². The molecule has 1 fully saturated rings. The number of rotatable bonds is 4. The van der Waals surface area contributed by atoms with Crippen LogP contribution in [0.3, 0.4) is 0 Å². The highest BCUT2D eigenvalue weighted by molar-refractivity contribution is 9.10. The van der Waals surface area contributed by atoms with Crippen molar-refractivity contribution in [2.24, 2.45) is 5.92 Å². The third kappa shape index (κ3) is 2.90. The Morgan fingerprint density at radius 3 is 2.85 bits per heavy atom. The van der Waals surface area contributed by atoms with Crippen molar-refractivity contribution in [1.29, 1.82) is 0 Å². The van der Waals surface area contributed by atoms with Crippen LogP contribution in [0.4, 0.5) is 11.5 Å². The van der Waals surface area contributed by atoms with Crippen LogP contribution in [0.2, 0.25) is 0 Å². The zero-order valence-corrected chi connectivity index (χ0v) is 12.4. The number of carboxylic acids is 1. The molecule has 8 heteroatoms. The first-order valence-corrected chi connectivity index (χ1v) is 6.98. The second-order valence-electron chi connectivity index (χ2n) is 4.88. The summed E-state index contributed by atoms with van der Waals surface area (Å²) in [7, 11) is 0. The van der Waals surface area contributed by atoms with Gasteiger partial charge in [-0.15, -0.1) is 0 Å². The molecule has 2 rings (SSSR count). The van der Waals surface area contributed by atoms with Crippen LogP contribution < -0.4 is 5.32 Å². The Labute approximate surface area is 123 Å². The van der Waals surface area contributed by atoms with Gasteiger partial charge in [-0.1, -0.05) is 0 Å². The molecule has 0 bridgehead atoms. The number of hydrogen-bond acceptors (Lipinski definition) is 5. The predicted octanol–water partition coefficient (Wildman–Crippen LogP) is 2.73. The van der Waals surface area contributed by atoms with E-state index in [-0.39, 0.29) is 17.6 Å². The number of carboxylic acid groups (broad SMARTS) is 1. The summed E-state index contributed by atoms with van der Waals surface area (Å²) in [5, 5.41) is 22.9. The number of pyridine rings is 1. The molecule has 1 aliphatic carbocycles. The molecule has 1 aromatic heterocycles. The molecule has 0 unspecified atom stereocenters. The van der Waals surface area contributed by atoms with E-state index in [9.17, 15) is 14.9 Å². The molecule has 1 aliphatic rings. The van der Waals surface area contributed by atoms with Crippen molar-refractivity contribution in [3.8, 4) is 0 Å². The van der Waals surface area contributed by atoms with Gasteiger partial charge in [-0.05, 0) is 42.1 Å². The first-order chi connectivity index (χ1) is 9.40. The molecule has 20 heavy (non-hydrogen) atoms. The molecule has 0 amide bonds. The highest BCUT2D eigenvalue weighted by Gasteiger charge is 2.30. The molecule has 0 spiro atoms. The van der Waals surface area contributed by atoms with E-state index in [2.05, 4.69) is 26.2 Å². The summed E-state index contributed by atoms with van der Waals surface area (Å²) in [6, 6.07) is 0.0285. The fourth-order valence-corrected chi connectivity index (χ4v) is 2.80. The molecular weight excluding hydrogens is 330 g/mol. The van der Waals surface area contributed by atoms with Crippen LogP contribution in [0.15, 0.2) is 10.7 Å². The first kappa shape index (κ1) is 14.7. The molecule has 0 radical (unpaired) electrons. The Kier molecular flexibility index (Phi) is 4.22. The van der Waals surface area contributed by atoms with Crippen molar-refractivity contribution < 1.29 is 14.8 Å². The van der Waals surface area contributed by atoms with Crippen LogP contribution in [-0.2, 0) is 4.79 Å². The second-order valence-corrected chi connectivity index (χ2v) is 5.67. The monoisotopic (exact) mass is 343 g/mol. The van der Waals surface area contributed by atoms with Crippen molar-refractivity contribution in [2.75, 3.05) is 5.32 Å². The number of hydrogen-bond donors (Lipinski definition) is 2. The summed E-state index contributed by atoms with van der Waals surface area (Å²) >= 11 is 3.30. The maximum Gasteiger partial charge on any atom is 0.306 e. The van der Waals surface area contributed by atoms with Gasteiger partial charge < -0.3 is 10.4 Å². The number of halogens is 1. The van der Waals surface area contributed by atoms with E-state index in [4.69, 9.17) is 5.11 Å². The quantitative estimate of drug-likeness (QED) is 0.643. The van der Waals surface area contributed by atoms with Crippen molar-refractivity contribution in [2.45, 2.75) is 32.2 Å². The van der Waals surface area contributed by atoms with E-state index in [0.717, 1.165) is 6.42 Å². The summed E-state index contributed by atoms with van der Waals surface area (Å²) in [6.45, 7) is 1.64. The standard InChI is InChI=1S/C12H14BrN3O4/c1-6-9(16(19)20)5-14-11(10(6)13)15-8-3-2-7(4-8)12(17)18/h5,7-8H,2-4H2,1H3,(H,14,15)(H,17,18)/t7-,8+/m1/s1. The van der Waals surface area contributed by atoms with Gasteiger partial charge in [0, 0.05) is 11.6 Å². The van der Waals surface area contributed by atoms with Crippen LogP contribution in [0.25, 0.3) is 0 Å². The van der Waals surface area contributed by atoms with Gasteiger partial charge in [-0.25, -0.2) is 4.98 Å². The molecule has 108 valence electrons. The smallest absolute Gasteiger partial charge is 0.306 e. The molecule has 1 aromatic rings. The number of aromatic nitrogens is 1. The number of carbonyl (C=O) groups is 1. The van der Waals surface area contributed by atoms with Crippen molar-refractivity contribution in [3.05, 3.63) is 26.3 Å². The molecule has 0 saturated heterocycles. The van der Waals surface area contributed by atoms with Crippen molar-refractivity contribution >= 4 is 33.4 Å². The number of nitrogens with one attached hydrogen (secondary N) is 1. The van der Waals surface area contributed by atoms with E-state index in [1.807, 2.05) is 0 Å². The summed E-state index contributed by atoms with van der Waals surface area (Å²) in [5.41, 5.74) is 0.456. The Bertz CT molecular complexity index is 564. The molecule has 0 aliphatic heterocycles. The van der Waals surface area contributed by atoms with Crippen LogP contribution in [0.5, 0.6) is 0 Å². The van der Waals surface area contributed by atoms with Gasteiger partial charge >= 0.3 is 5.97 Å². The Morgan fingerprint density at radius 2 is 2.30 bits per heavy atom. The zero-order chi connectivity index (χ0) is 14.9. The van der Waals surface area contributed by atoms with Gasteiger partial charge in [0.2, 0.25) is 0 Å². The third-order valence-electron chi connectivity index (χ3n) is 3.56. The van der Waals surface area contributed by atoms with Crippen LogP contribution in [-0.4, -0.2) is 27.0 Å². The second kappa shape index (κ2) is 5.74. The number of nitrogens with zero attached hydrogens (tertiary/aromatic N) is 2. The van der Waals surface area contributed by atoms with E-state index < -0.39 is 10.9 Å². The molecular formula is C12H14BrN3O4. The van der Waals surface area contributed by atoms with Gasteiger partial charge in [0.05, 0.1) is 15.3 Å². The lowest BCUT2D eigenvalue weighted by Crippen LogP contribution is -2.19. The van der Waals surface area contributed by atoms with Crippen LogP contribution in [0.1, 0.15) is 24.8 Å². The molecule has 1 heterocycles. The van der Waals surface area contributed by atoms with E-state index >= 15 is 0 Å². The lowest BCUT2D eigenvalue weighted by Gasteiger charge is -2.15. The zero-order valence-electron chi connectivity index (χ0n) is 10.8. The molecule has 1 saturated carbocycles. The molecule has 2 atom stereocenters. The minimum Gasteiger partial charge on any atom is -0.481 e. The Morgan fingerprint density at radius 1 is 1.60 bits per heavy atom. The van der Waals surface area contributed by atoms with Gasteiger partial charge in [0.15, 0.2) is 0 Å². The lowest BCUT2D eigenvalue weighted by molar-refractivity contribution is -0.385. The average molecular weight is 344 g/mol. The van der Waals surface area contributed by atoms with Crippen LogP contribution in [0, 0.1) is 23.0 Å². The highest BCUT2D eigenvalue weighted by atomic mass is 79.9. The predicted molar refractivity (Wildman–Crippen MR) is 75.7 cm³/mol. The number of nitro groups is 1. The van der Waals surface area contributed by atoms with E-state index in [1.165, 1.54) is 6.20 Å². The summed E-state index contributed by atoms with van der Waals surface area (Å²) in [4.78, 5) is 25.3. The topological polar surface area (TPSA) is 105 Å². The van der Waals surface area contributed by atoms with E-state index in [1.54, 1.807) is 6.92 Å². The molecule has 2 N–H and O–H groups in total. The summed E-state index contributed by atoms with van der Waals surface area (Å²) < 4.78 is 0.547.